The number of Topliss-reactive ketones (excluding diaryl/α,β-unsaturated/α-hetero) is 2. The molecule has 1 spiro atoms. The Bertz CT molecular complexity index is 1430. The molecule has 0 bridgehead atoms. The summed E-state index contributed by atoms with van der Waals surface area (Å²) >= 11 is 18.4. The Morgan fingerprint density at radius 1 is 0.743 bits per heavy atom. The first-order chi connectivity index (χ1) is 16.8. The molecule has 0 saturated carbocycles. The average Bonchev–Trinajstić information content (AvgIpc) is 3.40. The van der Waals surface area contributed by atoms with Gasteiger partial charge in [0.05, 0.1) is 28.6 Å². The Labute approximate surface area is 214 Å². The van der Waals surface area contributed by atoms with Crippen LogP contribution in [-0.2, 0) is 14.3 Å². The van der Waals surface area contributed by atoms with E-state index in [0.29, 0.717) is 15.6 Å². The second-order valence-corrected chi connectivity index (χ2v) is 9.92. The zero-order valence-corrected chi connectivity index (χ0v) is 20.0. The number of halogens is 3. The SMILES string of the molecule is O=C1[C@H]2[C@H](c3ccc(Cl)cc3)OC3(C(=O)c4ccccc4C3=O)[C@H]2C(=O)N1c1ccc(Cl)cc1Cl. The fraction of sp³-hybridized carbons (Fsp3) is 0.154. The van der Waals surface area contributed by atoms with E-state index in [-0.39, 0.29) is 21.8 Å². The number of ether oxygens (including phenoxy) is 1. The monoisotopic (exact) mass is 525 g/mol. The lowest BCUT2D eigenvalue weighted by molar-refractivity contribution is -0.127. The van der Waals surface area contributed by atoms with Gasteiger partial charge in [-0.1, -0.05) is 71.2 Å². The summed E-state index contributed by atoms with van der Waals surface area (Å²) in [5, 5.41) is 0.875. The number of carbonyl (C=O) groups excluding carboxylic acids is 4. The molecule has 9 heteroatoms. The zero-order chi connectivity index (χ0) is 24.6. The molecule has 174 valence electrons. The second kappa shape index (κ2) is 7.73. The molecular formula is C26H14Cl3NO5. The summed E-state index contributed by atoms with van der Waals surface area (Å²) in [5.41, 5.74) is -1.18. The van der Waals surface area contributed by atoms with Crippen LogP contribution in [-0.4, -0.2) is 29.0 Å². The predicted octanol–water partition coefficient (Wildman–Crippen LogP) is 5.34. The lowest BCUT2D eigenvalue weighted by Crippen LogP contribution is -2.51. The van der Waals surface area contributed by atoms with Crippen LogP contribution in [0, 0.1) is 11.8 Å². The van der Waals surface area contributed by atoms with Crippen LogP contribution < -0.4 is 4.90 Å². The highest BCUT2D eigenvalue weighted by Crippen LogP contribution is 2.58. The number of fused-ring (bicyclic) bond motifs is 3. The minimum absolute atomic E-state index is 0.0875. The summed E-state index contributed by atoms with van der Waals surface area (Å²) in [6.45, 7) is 0. The highest BCUT2D eigenvalue weighted by molar-refractivity contribution is 6.40. The van der Waals surface area contributed by atoms with E-state index < -0.39 is 46.9 Å². The van der Waals surface area contributed by atoms with Crippen LogP contribution in [0.5, 0.6) is 0 Å². The highest BCUT2D eigenvalue weighted by atomic mass is 35.5. The van der Waals surface area contributed by atoms with Gasteiger partial charge in [0.15, 0.2) is 0 Å². The van der Waals surface area contributed by atoms with Crippen molar-refractivity contribution in [2.75, 3.05) is 4.90 Å². The van der Waals surface area contributed by atoms with Crippen LogP contribution in [0.15, 0.2) is 66.7 Å². The molecule has 6 rings (SSSR count). The third-order valence-electron chi connectivity index (χ3n) is 6.87. The van der Waals surface area contributed by atoms with E-state index in [4.69, 9.17) is 39.5 Å². The summed E-state index contributed by atoms with van der Waals surface area (Å²) in [6.07, 6.45) is -1.04. The van der Waals surface area contributed by atoms with Crippen molar-refractivity contribution < 1.29 is 23.9 Å². The molecular weight excluding hydrogens is 513 g/mol. The second-order valence-electron chi connectivity index (χ2n) is 8.64. The van der Waals surface area contributed by atoms with Crippen molar-refractivity contribution in [2.45, 2.75) is 11.7 Å². The molecule has 35 heavy (non-hydrogen) atoms. The van der Waals surface area contributed by atoms with Crippen LogP contribution in [0.2, 0.25) is 15.1 Å². The first-order valence-corrected chi connectivity index (χ1v) is 11.8. The van der Waals surface area contributed by atoms with Gasteiger partial charge in [-0.2, -0.15) is 0 Å². The van der Waals surface area contributed by atoms with Gasteiger partial charge in [-0.25, -0.2) is 4.90 Å². The summed E-state index contributed by atoms with van der Waals surface area (Å²) in [4.78, 5) is 56.0. The molecule has 0 unspecified atom stereocenters. The van der Waals surface area contributed by atoms with Gasteiger partial charge in [0, 0.05) is 21.2 Å². The van der Waals surface area contributed by atoms with E-state index in [1.807, 2.05) is 0 Å². The first-order valence-electron chi connectivity index (χ1n) is 10.7. The molecule has 0 aromatic heterocycles. The Morgan fingerprint density at radius 3 is 1.94 bits per heavy atom. The smallest absolute Gasteiger partial charge is 0.241 e. The maximum absolute atomic E-state index is 13.9. The Balaban J connectivity index is 1.55. The molecule has 2 saturated heterocycles. The van der Waals surface area contributed by atoms with Gasteiger partial charge < -0.3 is 4.74 Å². The summed E-state index contributed by atoms with van der Waals surface area (Å²) in [5.74, 6) is -5.09. The average molecular weight is 527 g/mol. The van der Waals surface area contributed by atoms with Crippen molar-refractivity contribution in [1.29, 1.82) is 0 Å². The Hall–Kier alpha value is -3.03. The lowest BCUT2D eigenvalue weighted by atomic mass is 9.77. The molecule has 0 radical (unpaired) electrons. The standard InChI is InChI=1S/C26H14Cl3NO5/c27-13-7-5-12(6-8-13)21-19-20(25(34)30(24(19)33)18-10-9-14(28)11-17(18)29)26(35-21)22(31)15-3-1-2-4-16(15)23(26)32/h1-11,19-21H/t19-,20-,21+/m1/s1. The predicted molar refractivity (Wildman–Crippen MR) is 129 cm³/mol. The molecule has 2 aliphatic heterocycles. The normalized spacial score (nSPS) is 24.4. The van der Waals surface area contributed by atoms with E-state index in [9.17, 15) is 19.2 Å². The topological polar surface area (TPSA) is 80.8 Å². The number of amides is 2. The van der Waals surface area contributed by atoms with E-state index >= 15 is 0 Å². The molecule has 2 fully saturated rings. The summed E-state index contributed by atoms with van der Waals surface area (Å²) in [7, 11) is 0. The zero-order valence-electron chi connectivity index (χ0n) is 17.7. The number of benzene rings is 3. The van der Waals surface area contributed by atoms with Gasteiger partial charge in [-0.15, -0.1) is 0 Å². The van der Waals surface area contributed by atoms with Crippen molar-refractivity contribution >= 4 is 63.9 Å². The minimum Gasteiger partial charge on any atom is -0.349 e. The van der Waals surface area contributed by atoms with Crippen LogP contribution in [0.3, 0.4) is 0 Å². The lowest BCUT2D eigenvalue weighted by Gasteiger charge is -2.27. The fourth-order valence-electron chi connectivity index (χ4n) is 5.37. The van der Waals surface area contributed by atoms with Gasteiger partial charge in [0.2, 0.25) is 29.0 Å². The molecule has 6 nitrogen and oxygen atoms in total. The third kappa shape index (κ3) is 2.94. The van der Waals surface area contributed by atoms with Crippen molar-refractivity contribution in [3.8, 4) is 0 Å². The molecule has 1 aliphatic carbocycles. The Kier molecular flexibility index (Phi) is 4.96. The number of hydrogen-bond acceptors (Lipinski definition) is 5. The Morgan fingerprint density at radius 2 is 1.34 bits per heavy atom. The quantitative estimate of drug-likeness (QED) is 0.333. The van der Waals surface area contributed by atoms with Crippen molar-refractivity contribution in [1.82, 2.24) is 0 Å². The number of anilines is 1. The van der Waals surface area contributed by atoms with Gasteiger partial charge in [0.1, 0.15) is 0 Å². The van der Waals surface area contributed by atoms with E-state index in [1.165, 1.54) is 30.3 Å². The molecule has 3 aliphatic rings. The first kappa shape index (κ1) is 22.4. The van der Waals surface area contributed by atoms with Gasteiger partial charge in [-0.3, -0.25) is 19.2 Å². The number of ketones is 2. The number of rotatable bonds is 2. The van der Waals surface area contributed by atoms with Crippen LogP contribution in [0.25, 0.3) is 0 Å². The maximum Gasteiger partial charge on any atom is 0.241 e. The minimum atomic E-state index is -2.15. The summed E-state index contributed by atoms with van der Waals surface area (Å²) in [6, 6.07) is 17.2. The molecule has 3 aromatic carbocycles. The molecule has 2 heterocycles. The van der Waals surface area contributed by atoms with Crippen LogP contribution >= 0.6 is 34.8 Å². The number of hydrogen-bond donors (Lipinski definition) is 0. The number of carbonyl (C=O) groups is 4. The largest absolute Gasteiger partial charge is 0.349 e. The maximum atomic E-state index is 13.9. The fourth-order valence-corrected chi connectivity index (χ4v) is 5.99. The van der Waals surface area contributed by atoms with E-state index in [1.54, 1.807) is 36.4 Å². The summed E-state index contributed by atoms with van der Waals surface area (Å²) < 4.78 is 6.22. The van der Waals surface area contributed by atoms with Gasteiger partial charge >= 0.3 is 0 Å². The van der Waals surface area contributed by atoms with Gasteiger partial charge in [0.25, 0.3) is 0 Å². The van der Waals surface area contributed by atoms with Crippen LogP contribution in [0.1, 0.15) is 32.4 Å². The van der Waals surface area contributed by atoms with Crippen molar-refractivity contribution in [2.24, 2.45) is 11.8 Å². The molecule has 3 aromatic rings. The van der Waals surface area contributed by atoms with Crippen LogP contribution in [0.4, 0.5) is 5.69 Å². The van der Waals surface area contributed by atoms with Crippen molar-refractivity contribution in [3.05, 3.63) is 98.5 Å². The van der Waals surface area contributed by atoms with Gasteiger partial charge in [-0.05, 0) is 35.9 Å². The number of nitrogens with zero attached hydrogens (tertiary/aromatic N) is 1. The van der Waals surface area contributed by atoms with E-state index in [2.05, 4.69) is 0 Å². The third-order valence-corrected chi connectivity index (χ3v) is 7.66. The highest BCUT2D eigenvalue weighted by Gasteiger charge is 2.74. The van der Waals surface area contributed by atoms with Crippen molar-refractivity contribution in [3.63, 3.8) is 0 Å². The molecule has 2 amide bonds. The molecule has 0 N–H and O–H groups in total. The van der Waals surface area contributed by atoms with E-state index in [0.717, 1.165) is 4.90 Å². The molecule has 3 atom stereocenters. The number of imide groups is 1.